The van der Waals surface area contributed by atoms with E-state index < -0.39 is 39.5 Å². The van der Waals surface area contributed by atoms with Crippen LogP contribution in [-0.2, 0) is 19.7 Å². The van der Waals surface area contributed by atoms with Crippen LogP contribution < -0.4 is 9.64 Å². The lowest BCUT2D eigenvalue weighted by Crippen LogP contribution is -2.36. The van der Waals surface area contributed by atoms with Gasteiger partial charge in [0, 0.05) is 6.54 Å². The zero-order valence-corrected chi connectivity index (χ0v) is 18.2. The lowest BCUT2D eigenvalue weighted by atomic mass is 10.1. The molecule has 12 heteroatoms. The zero-order valence-electron chi connectivity index (χ0n) is 15.7. The van der Waals surface area contributed by atoms with Crippen LogP contribution in [0.4, 0.5) is 5.69 Å². The van der Waals surface area contributed by atoms with Crippen LogP contribution in [0.3, 0.4) is 0 Å². The lowest BCUT2D eigenvalue weighted by Gasteiger charge is -2.17. The summed E-state index contributed by atoms with van der Waals surface area (Å²) in [7, 11) is -4.17. The summed E-state index contributed by atoms with van der Waals surface area (Å²) in [6.45, 7) is 1.20. The number of carboxylic acids is 1. The van der Waals surface area contributed by atoms with Gasteiger partial charge in [-0.15, -0.1) is 0 Å². The molecule has 9 nitrogen and oxygen atoms in total. The quantitative estimate of drug-likeness (QED) is 0.451. The molecule has 1 aromatic rings. The first kappa shape index (κ1) is 22.3. The topological polar surface area (TPSA) is 124 Å². The molecule has 0 aromatic heterocycles. The van der Waals surface area contributed by atoms with Crippen molar-refractivity contribution in [2.75, 3.05) is 23.7 Å². The third kappa shape index (κ3) is 5.01. The van der Waals surface area contributed by atoms with Crippen molar-refractivity contribution in [3.05, 3.63) is 47.9 Å². The standard InChI is InChI=1S/C18H18N2O7S3/c1-11(16-17(23)20(10-15(21)22)18(28)29-16)6-7-14-19(8-9-30(24,25)26)12-4-2-3-5-13(12)27-14/h2-7,16H,8-10H2,1H3,(H,21,22)(H,24,25,26)/b11-6+,14-7-. The van der Waals surface area contributed by atoms with E-state index in [0.29, 0.717) is 22.9 Å². The zero-order chi connectivity index (χ0) is 22.1. The Hall–Kier alpha value is -2.41. The van der Waals surface area contributed by atoms with Crippen LogP contribution in [0.5, 0.6) is 5.75 Å². The van der Waals surface area contributed by atoms with Crippen molar-refractivity contribution >= 4 is 56.0 Å². The molecular formula is C18H18N2O7S3. The summed E-state index contributed by atoms with van der Waals surface area (Å²) in [6.07, 6.45) is 3.24. The number of allylic oxidation sites excluding steroid dienone is 2. The number of fused-ring (bicyclic) bond motifs is 1. The van der Waals surface area contributed by atoms with Gasteiger partial charge in [-0.1, -0.05) is 47.8 Å². The number of nitrogens with zero attached hydrogens (tertiary/aromatic N) is 2. The second-order valence-corrected chi connectivity index (χ2v) is 9.82. The number of para-hydroxylation sites is 2. The molecule has 3 rings (SSSR count). The van der Waals surface area contributed by atoms with Crippen LogP contribution in [0.1, 0.15) is 6.92 Å². The van der Waals surface area contributed by atoms with Crippen LogP contribution in [0.2, 0.25) is 0 Å². The molecule has 1 unspecified atom stereocenters. The minimum Gasteiger partial charge on any atom is -0.480 e. The highest BCUT2D eigenvalue weighted by Crippen LogP contribution is 2.39. The van der Waals surface area contributed by atoms with Gasteiger partial charge in [0.1, 0.15) is 16.1 Å². The van der Waals surface area contributed by atoms with Crippen LogP contribution in [0, 0.1) is 0 Å². The Morgan fingerprint density at radius 1 is 1.33 bits per heavy atom. The fraction of sp³-hybridized carbons (Fsp3) is 0.278. The minimum absolute atomic E-state index is 0.0256. The number of rotatable bonds is 7. The van der Waals surface area contributed by atoms with Crippen molar-refractivity contribution < 1.29 is 32.4 Å². The fourth-order valence-corrected chi connectivity index (χ4v) is 4.75. The van der Waals surface area contributed by atoms with Crippen LogP contribution in [-0.4, -0.2) is 63.3 Å². The molecule has 1 saturated heterocycles. The Balaban J connectivity index is 1.82. The maximum absolute atomic E-state index is 12.5. The van der Waals surface area contributed by atoms with Crippen molar-refractivity contribution in [3.8, 4) is 5.75 Å². The predicted octanol–water partition coefficient (Wildman–Crippen LogP) is 1.87. The maximum atomic E-state index is 12.5. The molecule has 30 heavy (non-hydrogen) atoms. The van der Waals surface area contributed by atoms with Gasteiger partial charge in [0.25, 0.3) is 10.1 Å². The van der Waals surface area contributed by atoms with E-state index in [2.05, 4.69) is 0 Å². The van der Waals surface area contributed by atoms with Crippen molar-refractivity contribution in [1.82, 2.24) is 4.90 Å². The summed E-state index contributed by atoms with van der Waals surface area (Å²) in [5.41, 5.74) is 1.28. The van der Waals surface area contributed by atoms with Crippen LogP contribution in [0.15, 0.2) is 47.9 Å². The summed E-state index contributed by atoms with van der Waals surface area (Å²) in [5.74, 6) is -1.18. The molecule has 1 amide bonds. The van der Waals surface area contributed by atoms with E-state index in [1.807, 2.05) is 0 Å². The molecule has 1 atom stereocenters. The van der Waals surface area contributed by atoms with Gasteiger partial charge in [0.2, 0.25) is 11.8 Å². The highest BCUT2D eigenvalue weighted by Gasteiger charge is 2.38. The number of hydrogen-bond donors (Lipinski definition) is 2. The third-order valence-corrected chi connectivity index (χ3v) is 6.77. The molecule has 0 saturated carbocycles. The van der Waals surface area contributed by atoms with Gasteiger partial charge in [-0.2, -0.15) is 8.42 Å². The van der Waals surface area contributed by atoms with Gasteiger partial charge in [-0.3, -0.25) is 19.0 Å². The smallest absolute Gasteiger partial charge is 0.323 e. The first-order valence-electron chi connectivity index (χ1n) is 8.68. The molecule has 2 aliphatic heterocycles. The number of carbonyl (C=O) groups is 2. The average Bonchev–Trinajstić information content (AvgIpc) is 3.15. The molecule has 1 fully saturated rings. The highest BCUT2D eigenvalue weighted by molar-refractivity contribution is 8.24. The van der Waals surface area contributed by atoms with Crippen LogP contribution in [0.25, 0.3) is 0 Å². The van der Waals surface area contributed by atoms with E-state index in [9.17, 15) is 18.0 Å². The lowest BCUT2D eigenvalue weighted by molar-refractivity contribution is -0.141. The summed E-state index contributed by atoms with van der Waals surface area (Å²) in [6, 6.07) is 7.04. The number of aliphatic carboxylic acids is 1. The second kappa shape index (κ2) is 8.76. The van der Waals surface area contributed by atoms with E-state index in [1.165, 1.54) is 0 Å². The third-order valence-electron chi connectivity index (χ3n) is 4.33. The number of anilines is 1. The number of ether oxygens (including phenoxy) is 1. The van der Waals surface area contributed by atoms with Gasteiger partial charge >= 0.3 is 5.97 Å². The summed E-state index contributed by atoms with van der Waals surface area (Å²) >= 11 is 6.20. The summed E-state index contributed by atoms with van der Waals surface area (Å²) in [4.78, 5) is 26.1. The Kier molecular flexibility index (Phi) is 6.50. The molecule has 160 valence electrons. The summed E-state index contributed by atoms with van der Waals surface area (Å²) < 4.78 is 37.4. The Morgan fingerprint density at radius 2 is 2.03 bits per heavy atom. The van der Waals surface area contributed by atoms with Crippen molar-refractivity contribution in [3.63, 3.8) is 0 Å². The molecular weight excluding hydrogens is 452 g/mol. The van der Waals surface area contributed by atoms with Crippen molar-refractivity contribution in [2.45, 2.75) is 12.2 Å². The molecule has 0 radical (unpaired) electrons. The van der Waals surface area contributed by atoms with Crippen LogP contribution >= 0.6 is 24.0 Å². The van der Waals surface area contributed by atoms with Gasteiger partial charge < -0.3 is 14.7 Å². The molecule has 0 spiro atoms. The minimum atomic E-state index is -4.17. The first-order chi connectivity index (χ1) is 14.1. The molecule has 2 heterocycles. The largest absolute Gasteiger partial charge is 0.480 e. The van der Waals surface area contributed by atoms with Crippen molar-refractivity contribution in [1.29, 1.82) is 0 Å². The van der Waals surface area contributed by atoms with E-state index in [-0.39, 0.29) is 10.9 Å². The normalized spacial score (nSPS) is 20.7. The predicted molar refractivity (Wildman–Crippen MR) is 116 cm³/mol. The van der Waals surface area contributed by atoms with Gasteiger partial charge in [0.05, 0.1) is 11.4 Å². The van der Waals surface area contributed by atoms with E-state index in [0.717, 1.165) is 16.7 Å². The van der Waals surface area contributed by atoms with Gasteiger partial charge in [0.15, 0.2) is 5.75 Å². The van der Waals surface area contributed by atoms with Crippen molar-refractivity contribution in [2.24, 2.45) is 0 Å². The number of thioether (sulfide) groups is 1. The number of carboxylic acid groups (broad SMARTS) is 1. The highest BCUT2D eigenvalue weighted by atomic mass is 32.2. The number of thiocarbonyl (C=S) groups is 1. The summed E-state index contributed by atoms with van der Waals surface area (Å²) in [5, 5.41) is 8.29. The monoisotopic (exact) mass is 470 g/mol. The molecule has 2 N–H and O–H groups in total. The van der Waals surface area contributed by atoms with E-state index in [4.69, 9.17) is 26.6 Å². The van der Waals surface area contributed by atoms with Gasteiger partial charge in [-0.25, -0.2) is 0 Å². The van der Waals surface area contributed by atoms with Gasteiger partial charge in [-0.05, 0) is 25.1 Å². The number of amides is 1. The Morgan fingerprint density at radius 3 is 2.70 bits per heavy atom. The fourth-order valence-electron chi connectivity index (χ4n) is 2.92. The Labute approximate surface area is 182 Å². The van der Waals surface area contributed by atoms with E-state index >= 15 is 0 Å². The first-order valence-corrected chi connectivity index (χ1v) is 11.6. The maximum Gasteiger partial charge on any atom is 0.323 e. The number of carbonyl (C=O) groups excluding carboxylic acids is 1. The molecule has 0 bridgehead atoms. The average molecular weight is 471 g/mol. The molecule has 1 aromatic carbocycles. The SMILES string of the molecule is C/C(=C\C=C1/Oc2ccccc2N1CCS(=O)(=O)O)C1SC(=S)N(CC(=O)O)C1=O. The molecule has 0 aliphatic carbocycles. The van der Waals surface area contributed by atoms with E-state index in [1.54, 1.807) is 48.2 Å². The molecule has 2 aliphatic rings. The second-order valence-electron chi connectivity index (χ2n) is 6.50. The Bertz CT molecular complexity index is 1070. The number of hydrogen-bond acceptors (Lipinski definition) is 8. The number of benzene rings is 1.